The highest BCUT2D eigenvalue weighted by atomic mass is 16.5. The fraction of sp³-hybridized carbons (Fsp3) is 0.462. The van der Waals surface area contributed by atoms with Crippen molar-refractivity contribution < 1.29 is 19.7 Å². The molecule has 1 aliphatic rings. The molecule has 1 saturated carbocycles. The number of amides is 1. The third kappa shape index (κ3) is 2.92. The molecule has 5 heteroatoms. The van der Waals surface area contributed by atoms with Crippen molar-refractivity contribution in [3.63, 3.8) is 0 Å². The van der Waals surface area contributed by atoms with Crippen molar-refractivity contribution in [2.75, 3.05) is 20.3 Å². The molecule has 18 heavy (non-hydrogen) atoms. The van der Waals surface area contributed by atoms with Gasteiger partial charge >= 0.3 is 0 Å². The number of carbonyl (C=O) groups excluding carboxylic acids is 1. The second kappa shape index (κ2) is 5.27. The van der Waals surface area contributed by atoms with Gasteiger partial charge in [0, 0.05) is 31.3 Å². The molecule has 2 rings (SSSR count). The van der Waals surface area contributed by atoms with Crippen LogP contribution in [0.2, 0.25) is 0 Å². The summed E-state index contributed by atoms with van der Waals surface area (Å²) in [6.45, 7) is 1.00. The standard InChI is InChI=1S/C13H17NO4/c1-18-5-4-14(10-2-3-10)13(17)9-6-11(15)8-12(16)7-9/h6-8,10,15-16H,2-5H2,1H3. The quantitative estimate of drug-likeness (QED) is 0.828. The van der Waals surface area contributed by atoms with Crippen LogP contribution >= 0.6 is 0 Å². The van der Waals surface area contributed by atoms with Crippen molar-refractivity contribution in [2.45, 2.75) is 18.9 Å². The number of benzene rings is 1. The van der Waals surface area contributed by atoms with Crippen LogP contribution in [0.15, 0.2) is 18.2 Å². The molecule has 1 aliphatic carbocycles. The Kier molecular flexibility index (Phi) is 3.72. The molecule has 5 nitrogen and oxygen atoms in total. The molecule has 0 bridgehead atoms. The summed E-state index contributed by atoms with van der Waals surface area (Å²) in [5, 5.41) is 18.8. The fourth-order valence-corrected chi connectivity index (χ4v) is 1.91. The summed E-state index contributed by atoms with van der Waals surface area (Å²) in [5.41, 5.74) is 0.301. The van der Waals surface area contributed by atoms with Crippen molar-refractivity contribution in [2.24, 2.45) is 0 Å². The normalized spacial score (nSPS) is 14.5. The molecule has 0 aliphatic heterocycles. The highest BCUT2D eigenvalue weighted by Crippen LogP contribution is 2.29. The van der Waals surface area contributed by atoms with Gasteiger partial charge in [-0.25, -0.2) is 0 Å². The van der Waals surface area contributed by atoms with Crippen LogP contribution in [0.25, 0.3) is 0 Å². The Morgan fingerprint density at radius 1 is 1.33 bits per heavy atom. The summed E-state index contributed by atoms with van der Waals surface area (Å²) >= 11 is 0. The summed E-state index contributed by atoms with van der Waals surface area (Å²) in [6, 6.07) is 4.19. The molecule has 2 N–H and O–H groups in total. The maximum absolute atomic E-state index is 12.3. The molecule has 0 atom stereocenters. The lowest BCUT2D eigenvalue weighted by Crippen LogP contribution is -2.35. The van der Waals surface area contributed by atoms with Crippen molar-refractivity contribution in [1.82, 2.24) is 4.90 Å². The van der Waals surface area contributed by atoms with Gasteiger partial charge < -0.3 is 19.8 Å². The van der Waals surface area contributed by atoms with E-state index < -0.39 is 0 Å². The highest BCUT2D eigenvalue weighted by molar-refractivity contribution is 5.95. The lowest BCUT2D eigenvalue weighted by atomic mass is 10.1. The number of ether oxygens (including phenoxy) is 1. The van der Waals surface area contributed by atoms with Gasteiger partial charge in [0.15, 0.2) is 0 Å². The molecule has 1 fully saturated rings. The largest absolute Gasteiger partial charge is 0.508 e. The minimum absolute atomic E-state index is 0.110. The number of hydrogen-bond donors (Lipinski definition) is 2. The predicted molar refractivity (Wildman–Crippen MR) is 65.7 cm³/mol. The second-order valence-corrected chi connectivity index (χ2v) is 4.46. The molecule has 0 spiro atoms. The van der Waals surface area contributed by atoms with Gasteiger partial charge in [0.25, 0.3) is 5.91 Å². The lowest BCUT2D eigenvalue weighted by Gasteiger charge is -2.22. The number of phenols is 2. The molecule has 0 aromatic heterocycles. The molecule has 0 radical (unpaired) electrons. The number of phenolic OH excluding ortho intramolecular Hbond substituents is 2. The first kappa shape index (κ1) is 12.7. The Balaban J connectivity index is 2.16. The Bertz CT molecular complexity index is 422. The van der Waals surface area contributed by atoms with E-state index in [1.54, 1.807) is 12.0 Å². The van der Waals surface area contributed by atoms with E-state index in [1.807, 2.05) is 0 Å². The highest BCUT2D eigenvalue weighted by Gasteiger charge is 2.32. The number of aromatic hydroxyl groups is 2. The third-order valence-corrected chi connectivity index (χ3v) is 2.93. The van der Waals surface area contributed by atoms with Gasteiger partial charge in [-0.3, -0.25) is 4.79 Å². The first-order chi connectivity index (χ1) is 8.61. The first-order valence-corrected chi connectivity index (χ1v) is 5.94. The zero-order chi connectivity index (χ0) is 13.1. The third-order valence-electron chi connectivity index (χ3n) is 2.93. The Hall–Kier alpha value is -1.75. The van der Waals surface area contributed by atoms with Crippen LogP contribution in [0.1, 0.15) is 23.2 Å². The van der Waals surface area contributed by atoms with E-state index >= 15 is 0 Å². The average Bonchev–Trinajstić information content (AvgIpc) is 3.12. The summed E-state index contributed by atoms with van der Waals surface area (Å²) in [5.74, 6) is -0.401. The summed E-state index contributed by atoms with van der Waals surface area (Å²) in [6.07, 6.45) is 2.00. The van der Waals surface area contributed by atoms with Gasteiger partial charge in [-0.1, -0.05) is 0 Å². The first-order valence-electron chi connectivity index (χ1n) is 5.94. The van der Waals surface area contributed by atoms with Crippen LogP contribution in [0, 0.1) is 0 Å². The molecule has 1 amide bonds. The van der Waals surface area contributed by atoms with E-state index in [0.717, 1.165) is 12.8 Å². The van der Waals surface area contributed by atoms with Gasteiger partial charge in [-0.2, -0.15) is 0 Å². The SMILES string of the molecule is COCCN(C(=O)c1cc(O)cc(O)c1)C1CC1. The zero-order valence-electron chi connectivity index (χ0n) is 10.3. The minimum atomic E-state index is -0.180. The van der Waals surface area contributed by atoms with Gasteiger partial charge in [-0.15, -0.1) is 0 Å². The van der Waals surface area contributed by atoms with Crippen molar-refractivity contribution in [3.05, 3.63) is 23.8 Å². The van der Waals surface area contributed by atoms with Gasteiger partial charge in [0.2, 0.25) is 0 Å². The second-order valence-electron chi connectivity index (χ2n) is 4.46. The van der Waals surface area contributed by atoms with E-state index in [4.69, 9.17) is 4.74 Å². The fourth-order valence-electron chi connectivity index (χ4n) is 1.91. The van der Waals surface area contributed by atoms with Crippen LogP contribution in [-0.4, -0.2) is 47.3 Å². The van der Waals surface area contributed by atoms with E-state index in [2.05, 4.69) is 0 Å². The van der Waals surface area contributed by atoms with Crippen LogP contribution in [-0.2, 0) is 4.74 Å². The smallest absolute Gasteiger partial charge is 0.254 e. The Labute approximate surface area is 106 Å². The Morgan fingerprint density at radius 3 is 2.44 bits per heavy atom. The molecule has 98 valence electrons. The molecule has 0 saturated heterocycles. The number of methoxy groups -OCH3 is 1. The van der Waals surface area contributed by atoms with Crippen molar-refractivity contribution in [1.29, 1.82) is 0 Å². The molecule has 1 aromatic rings. The summed E-state index contributed by atoms with van der Waals surface area (Å²) in [7, 11) is 1.59. The Morgan fingerprint density at radius 2 is 1.94 bits per heavy atom. The van der Waals surface area contributed by atoms with Gasteiger partial charge in [0.1, 0.15) is 11.5 Å². The lowest BCUT2D eigenvalue weighted by molar-refractivity contribution is 0.0679. The maximum atomic E-state index is 12.3. The van der Waals surface area contributed by atoms with E-state index in [-0.39, 0.29) is 23.4 Å². The molecule has 1 aromatic carbocycles. The number of carbonyl (C=O) groups is 1. The predicted octanol–water partition coefficient (Wildman–Crippen LogP) is 1.35. The number of hydrogen-bond acceptors (Lipinski definition) is 4. The summed E-state index contributed by atoms with van der Waals surface area (Å²) < 4.78 is 4.99. The van der Waals surface area contributed by atoms with Crippen molar-refractivity contribution in [3.8, 4) is 11.5 Å². The minimum Gasteiger partial charge on any atom is -0.508 e. The number of rotatable bonds is 5. The molecule has 0 heterocycles. The summed E-state index contributed by atoms with van der Waals surface area (Å²) in [4.78, 5) is 14.0. The zero-order valence-corrected chi connectivity index (χ0v) is 10.3. The van der Waals surface area contributed by atoms with Crippen LogP contribution in [0.5, 0.6) is 11.5 Å². The number of nitrogens with zero attached hydrogens (tertiary/aromatic N) is 1. The maximum Gasteiger partial charge on any atom is 0.254 e. The van der Waals surface area contributed by atoms with E-state index in [0.29, 0.717) is 18.7 Å². The van der Waals surface area contributed by atoms with Crippen LogP contribution in [0.3, 0.4) is 0 Å². The topological polar surface area (TPSA) is 70.0 Å². The van der Waals surface area contributed by atoms with Crippen LogP contribution in [0.4, 0.5) is 0 Å². The monoisotopic (exact) mass is 251 g/mol. The van der Waals surface area contributed by atoms with E-state index in [9.17, 15) is 15.0 Å². The average molecular weight is 251 g/mol. The van der Waals surface area contributed by atoms with Crippen molar-refractivity contribution >= 4 is 5.91 Å². The molecular formula is C13H17NO4. The molecular weight excluding hydrogens is 234 g/mol. The van der Waals surface area contributed by atoms with Crippen LogP contribution < -0.4 is 0 Å². The van der Waals surface area contributed by atoms with Gasteiger partial charge in [0.05, 0.1) is 6.61 Å². The molecule has 0 unspecified atom stereocenters. The van der Waals surface area contributed by atoms with E-state index in [1.165, 1.54) is 18.2 Å². The van der Waals surface area contributed by atoms with Gasteiger partial charge in [-0.05, 0) is 25.0 Å².